The number of aromatic nitrogens is 2. The Morgan fingerprint density at radius 1 is 1.68 bits per heavy atom. The predicted molar refractivity (Wildman–Crippen MR) is 58.6 cm³/mol. The van der Waals surface area contributed by atoms with Crippen molar-refractivity contribution in [1.82, 2.24) is 14.9 Å². The number of fused-ring (bicyclic) bond motifs is 1. The Morgan fingerprint density at radius 3 is 3.05 bits per heavy atom. The van der Waals surface area contributed by atoms with Gasteiger partial charge < -0.3 is 25.3 Å². The van der Waals surface area contributed by atoms with Gasteiger partial charge in [-0.15, -0.1) is 0 Å². The van der Waals surface area contributed by atoms with Crippen molar-refractivity contribution in [3.05, 3.63) is 16.3 Å². The number of carboxylic acids is 1. The molecule has 0 fully saturated rings. The van der Waals surface area contributed by atoms with Crippen LogP contribution < -0.4 is 10.1 Å². The molecule has 0 saturated heterocycles. The standard InChI is InChI=1S/C9H10N4O6/c14-7(1-8(15)16)10-5-2-12-3-6(13(17)18)11-9(12)19-4-5/h3,5H,1-2,4H2,(H,10,14)(H,15,16)/t5-/m0/s1. The number of imidazole rings is 1. The molecule has 0 aromatic carbocycles. The molecule has 0 saturated carbocycles. The molecule has 10 heteroatoms. The second-order valence-electron chi connectivity index (χ2n) is 3.94. The summed E-state index contributed by atoms with van der Waals surface area (Å²) in [6.07, 6.45) is 0.568. The van der Waals surface area contributed by atoms with Gasteiger partial charge in [0.15, 0.2) is 0 Å². The molecule has 0 aliphatic carbocycles. The van der Waals surface area contributed by atoms with E-state index in [1.165, 1.54) is 10.8 Å². The number of ether oxygens (including phenoxy) is 1. The lowest BCUT2D eigenvalue weighted by atomic mass is 10.2. The van der Waals surface area contributed by atoms with Gasteiger partial charge in [0, 0.05) is 4.98 Å². The van der Waals surface area contributed by atoms with E-state index < -0.39 is 29.3 Å². The highest BCUT2D eigenvalue weighted by Crippen LogP contribution is 2.21. The summed E-state index contributed by atoms with van der Waals surface area (Å²) in [5.74, 6) is -2.21. The van der Waals surface area contributed by atoms with Crippen LogP contribution in [0.4, 0.5) is 5.82 Å². The van der Waals surface area contributed by atoms with Crippen molar-refractivity contribution in [2.45, 2.75) is 19.0 Å². The first-order valence-electron chi connectivity index (χ1n) is 5.31. The molecule has 1 aromatic rings. The average Bonchev–Trinajstić information content (AvgIpc) is 2.70. The monoisotopic (exact) mass is 270 g/mol. The van der Waals surface area contributed by atoms with Crippen molar-refractivity contribution >= 4 is 17.7 Å². The van der Waals surface area contributed by atoms with E-state index in [1.807, 2.05) is 0 Å². The average molecular weight is 270 g/mol. The summed E-state index contributed by atoms with van der Waals surface area (Å²) in [7, 11) is 0. The minimum Gasteiger partial charge on any atom is -0.481 e. The maximum Gasteiger partial charge on any atom is 0.414 e. The fourth-order valence-corrected chi connectivity index (χ4v) is 1.69. The number of nitrogens with one attached hydrogen (secondary N) is 1. The van der Waals surface area contributed by atoms with Crippen LogP contribution >= 0.6 is 0 Å². The Hall–Kier alpha value is -2.65. The van der Waals surface area contributed by atoms with Crippen LogP contribution in [0.25, 0.3) is 0 Å². The van der Waals surface area contributed by atoms with Gasteiger partial charge in [0.2, 0.25) is 5.91 Å². The molecule has 10 nitrogen and oxygen atoms in total. The molecule has 1 amide bonds. The van der Waals surface area contributed by atoms with Crippen LogP contribution in [0.3, 0.4) is 0 Å². The quantitative estimate of drug-likeness (QED) is 0.412. The number of nitrogens with zero attached hydrogens (tertiary/aromatic N) is 3. The number of carboxylic acid groups (broad SMARTS) is 1. The van der Waals surface area contributed by atoms with Crippen LogP contribution in [-0.4, -0.2) is 44.1 Å². The van der Waals surface area contributed by atoms with Gasteiger partial charge in [0.1, 0.15) is 19.2 Å². The minimum atomic E-state index is -1.23. The zero-order valence-corrected chi connectivity index (χ0v) is 9.61. The molecule has 1 aromatic heterocycles. The van der Waals surface area contributed by atoms with E-state index >= 15 is 0 Å². The number of nitro groups is 1. The lowest BCUT2D eigenvalue weighted by Crippen LogP contribution is -2.45. The van der Waals surface area contributed by atoms with Gasteiger partial charge in [-0.3, -0.25) is 14.2 Å². The van der Waals surface area contributed by atoms with Gasteiger partial charge in [-0.2, -0.15) is 0 Å². The Balaban J connectivity index is 1.99. The molecule has 1 atom stereocenters. The second kappa shape index (κ2) is 4.92. The topological polar surface area (TPSA) is 137 Å². The number of carbonyl (C=O) groups excluding carboxylic acids is 1. The van der Waals surface area contributed by atoms with Crippen molar-refractivity contribution in [3.8, 4) is 6.01 Å². The fourth-order valence-electron chi connectivity index (χ4n) is 1.69. The highest BCUT2D eigenvalue weighted by atomic mass is 16.6. The molecule has 0 spiro atoms. The molecule has 2 heterocycles. The second-order valence-corrected chi connectivity index (χ2v) is 3.94. The Labute approximate surface area is 106 Å². The first-order valence-corrected chi connectivity index (χ1v) is 5.31. The predicted octanol–water partition coefficient (Wildman–Crippen LogP) is -0.857. The summed E-state index contributed by atoms with van der Waals surface area (Å²) in [4.78, 5) is 35.2. The van der Waals surface area contributed by atoms with Crippen LogP contribution in [0.1, 0.15) is 6.42 Å². The van der Waals surface area contributed by atoms with Crippen LogP contribution in [-0.2, 0) is 16.1 Å². The number of hydrogen-bond acceptors (Lipinski definition) is 6. The molecule has 19 heavy (non-hydrogen) atoms. The highest BCUT2D eigenvalue weighted by Gasteiger charge is 2.28. The summed E-state index contributed by atoms with van der Waals surface area (Å²) in [5.41, 5.74) is 0. The molecule has 1 aliphatic rings. The van der Waals surface area contributed by atoms with Gasteiger partial charge in [-0.05, 0) is 4.92 Å². The molecule has 1 aliphatic heterocycles. The molecular weight excluding hydrogens is 260 g/mol. The van der Waals surface area contributed by atoms with Gasteiger partial charge >= 0.3 is 17.8 Å². The van der Waals surface area contributed by atoms with E-state index in [9.17, 15) is 19.7 Å². The smallest absolute Gasteiger partial charge is 0.414 e. The Bertz CT molecular complexity index is 539. The maximum absolute atomic E-state index is 11.3. The third-order valence-corrected chi connectivity index (χ3v) is 2.42. The molecule has 102 valence electrons. The lowest BCUT2D eigenvalue weighted by Gasteiger charge is -2.22. The molecule has 2 rings (SSSR count). The molecule has 0 bridgehead atoms. The van der Waals surface area contributed by atoms with Crippen LogP contribution in [0.15, 0.2) is 6.20 Å². The summed E-state index contributed by atoms with van der Waals surface area (Å²) in [6, 6.07) is -0.344. The molecule has 2 N–H and O–H groups in total. The van der Waals surface area contributed by atoms with E-state index in [0.29, 0.717) is 0 Å². The number of amides is 1. The largest absolute Gasteiger partial charge is 0.481 e. The van der Waals surface area contributed by atoms with E-state index in [0.717, 1.165) is 0 Å². The number of carbonyl (C=O) groups is 2. The number of hydrogen-bond donors (Lipinski definition) is 2. The van der Waals surface area contributed by atoms with Gasteiger partial charge in [-0.25, -0.2) is 0 Å². The number of aliphatic carboxylic acids is 1. The Kier molecular flexibility index (Phi) is 3.31. The third kappa shape index (κ3) is 2.97. The van der Waals surface area contributed by atoms with Gasteiger partial charge in [0.25, 0.3) is 0 Å². The van der Waals surface area contributed by atoms with Gasteiger partial charge in [-0.1, -0.05) is 0 Å². The summed E-state index contributed by atoms with van der Waals surface area (Å²) >= 11 is 0. The first kappa shape index (κ1) is 12.8. The van der Waals surface area contributed by atoms with Crippen LogP contribution in [0, 0.1) is 10.1 Å². The van der Waals surface area contributed by atoms with Crippen molar-refractivity contribution in [1.29, 1.82) is 0 Å². The normalized spacial score (nSPS) is 17.2. The van der Waals surface area contributed by atoms with Crippen molar-refractivity contribution in [2.24, 2.45) is 0 Å². The van der Waals surface area contributed by atoms with E-state index in [2.05, 4.69) is 10.3 Å². The summed E-state index contributed by atoms with van der Waals surface area (Å²) in [6.45, 7) is 0.320. The third-order valence-electron chi connectivity index (χ3n) is 2.42. The highest BCUT2D eigenvalue weighted by molar-refractivity contribution is 5.93. The summed E-state index contributed by atoms with van der Waals surface area (Å²) < 4.78 is 6.55. The van der Waals surface area contributed by atoms with Crippen molar-refractivity contribution in [3.63, 3.8) is 0 Å². The molecule has 0 unspecified atom stereocenters. The van der Waals surface area contributed by atoms with Gasteiger partial charge in [0.05, 0.1) is 12.6 Å². The zero-order valence-electron chi connectivity index (χ0n) is 9.61. The van der Waals surface area contributed by atoms with Crippen molar-refractivity contribution < 1.29 is 24.4 Å². The first-order chi connectivity index (χ1) is 8.95. The Morgan fingerprint density at radius 2 is 2.42 bits per heavy atom. The van der Waals surface area contributed by atoms with E-state index in [-0.39, 0.29) is 25.0 Å². The van der Waals surface area contributed by atoms with E-state index in [1.54, 1.807) is 0 Å². The SMILES string of the molecule is O=C(O)CC(=O)N[C@@H]1COc2nc([N+](=O)[O-])cn2C1. The molecule has 0 radical (unpaired) electrons. The van der Waals surface area contributed by atoms with E-state index in [4.69, 9.17) is 9.84 Å². The van der Waals surface area contributed by atoms with Crippen LogP contribution in [0.5, 0.6) is 6.01 Å². The zero-order chi connectivity index (χ0) is 14.0. The summed E-state index contributed by atoms with van der Waals surface area (Å²) in [5, 5.41) is 21.5. The van der Waals surface area contributed by atoms with Crippen LogP contribution in [0.2, 0.25) is 0 Å². The minimum absolute atomic E-state index is 0.0829. The molecular formula is C9H10N4O6. The maximum atomic E-state index is 11.3. The fraction of sp³-hybridized carbons (Fsp3) is 0.444. The number of rotatable bonds is 4. The lowest BCUT2D eigenvalue weighted by molar-refractivity contribution is -0.389. The van der Waals surface area contributed by atoms with Crippen molar-refractivity contribution in [2.75, 3.05) is 6.61 Å².